The van der Waals surface area contributed by atoms with E-state index in [1.807, 2.05) is 30.9 Å². The van der Waals surface area contributed by atoms with Gasteiger partial charge in [0.15, 0.2) is 0 Å². The van der Waals surface area contributed by atoms with Crippen molar-refractivity contribution in [2.24, 2.45) is 11.7 Å². The van der Waals surface area contributed by atoms with Gasteiger partial charge in [-0.2, -0.15) is 0 Å². The molecular formula is C16H24ClFN2O. The SMILES string of the molecule is CC(N)C(C)C(=O)N1CC(c2ccc(F)cc2)CC1C.Cl. The molecule has 1 heterocycles. The van der Waals surface area contributed by atoms with Crippen LogP contribution in [-0.4, -0.2) is 29.4 Å². The van der Waals surface area contributed by atoms with E-state index in [1.54, 1.807) is 0 Å². The molecule has 0 aromatic heterocycles. The highest BCUT2D eigenvalue weighted by atomic mass is 35.5. The second-order valence-corrected chi connectivity index (χ2v) is 5.97. The number of nitrogens with zero attached hydrogens (tertiary/aromatic N) is 1. The summed E-state index contributed by atoms with van der Waals surface area (Å²) >= 11 is 0. The Hall–Kier alpha value is -1.13. The van der Waals surface area contributed by atoms with Gasteiger partial charge in [0.2, 0.25) is 5.91 Å². The lowest BCUT2D eigenvalue weighted by Crippen LogP contribution is -2.43. The van der Waals surface area contributed by atoms with Crippen LogP contribution in [0.5, 0.6) is 0 Å². The summed E-state index contributed by atoms with van der Waals surface area (Å²) in [6.45, 7) is 6.50. The molecule has 0 saturated carbocycles. The van der Waals surface area contributed by atoms with Crippen molar-refractivity contribution in [2.75, 3.05) is 6.54 Å². The Kier molecular flexibility index (Phi) is 6.17. The van der Waals surface area contributed by atoms with E-state index in [0.717, 1.165) is 12.0 Å². The van der Waals surface area contributed by atoms with Crippen molar-refractivity contribution in [3.8, 4) is 0 Å². The normalized spacial score (nSPS) is 24.3. The molecule has 0 spiro atoms. The molecule has 1 aliphatic heterocycles. The van der Waals surface area contributed by atoms with Gasteiger partial charge in [0.1, 0.15) is 5.82 Å². The highest BCUT2D eigenvalue weighted by Gasteiger charge is 2.35. The van der Waals surface area contributed by atoms with Gasteiger partial charge < -0.3 is 10.6 Å². The number of carbonyl (C=O) groups is 1. The Morgan fingerprint density at radius 1 is 1.33 bits per heavy atom. The Morgan fingerprint density at radius 3 is 2.43 bits per heavy atom. The van der Waals surface area contributed by atoms with Crippen LogP contribution in [0.25, 0.3) is 0 Å². The molecule has 2 N–H and O–H groups in total. The van der Waals surface area contributed by atoms with Crippen LogP contribution in [0.3, 0.4) is 0 Å². The predicted molar refractivity (Wildman–Crippen MR) is 85.0 cm³/mol. The van der Waals surface area contributed by atoms with Gasteiger partial charge in [0.25, 0.3) is 0 Å². The Morgan fingerprint density at radius 2 is 1.90 bits per heavy atom. The minimum atomic E-state index is -0.224. The molecule has 5 heteroatoms. The first kappa shape index (κ1) is 17.9. The molecule has 2 rings (SSSR count). The van der Waals surface area contributed by atoms with Gasteiger partial charge in [-0.25, -0.2) is 4.39 Å². The van der Waals surface area contributed by atoms with E-state index in [0.29, 0.717) is 6.54 Å². The molecule has 1 aromatic carbocycles. The Labute approximate surface area is 132 Å². The lowest BCUT2D eigenvalue weighted by Gasteiger charge is -2.26. The predicted octanol–water partition coefficient (Wildman–Crippen LogP) is 2.94. The zero-order chi connectivity index (χ0) is 14.9. The maximum atomic E-state index is 13.0. The third-order valence-corrected chi connectivity index (χ3v) is 4.38. The number of carbonyl (C=O) groups excluding carboxylic acids is 1. The number of nitrogens with two attached hydrogens (primary N) is 1. The van der Waals surface area contributed by atoms with Crippen LogP contribution in [0.1, 0.15) is 38.7 Å². The van der Waals surface area contributed by atoms with Gasteiger partial charge in [0.05, 0.1) is 5.92 Å². The van der Waals surface area contributed by atoms with Crippen LogP contribution in [0.15, 0.2) is 24.3 Å². The number of amides is 1. The second-order valence-electron chi connectivity index (χ2n) is 5.97. The minimum absolute atomic E-state index is 0. The standard InChI is InChI=1S/C16H23FN2O.ClH/c1-10-8-14(13-4-6-15(17)7-5-13)9-19(10)16(20)11(2)12(3)18;/h4-7,10-12,14H,8-9,18H2,1-3H3;1H. The Balaban J connectivity index is 0.00000220. The molecule has 3 nitrogen and oxygen atoms in total. The van der Waals surface area contributed by atoms with E-state index in [9.17, 15) is 9.18 Å². The Bertz CT molecular complexity index is 478. The second kappa shape index (κ2) is 7.23. The molecule has 0 radical (unpaired) electrons. The fourth-order valence-corrected chi connectivity index (χ4v) is 2.80. The molecule has 118 valence electrons. The van der Waals surface area contributed by atoms with Crippen molar-refractivity contribution in [3.63, 3.8) is 0 Å². The van der Waals surface area contributed by atoms with Crippen molar-refractivity contribution < 1.29 is 9.18 Å². The van der Waals surface area contributed by atoms with Crippen LogP contribution in [0.4, 0.5) is 4.39 Å². The summed E-state index contributed by atoms with van der Waals surface area (Å²) in [6, 6.07) is 6.66. The largest absolute Gasteiger partial charge is 0.339 e. The highest BCUT2D eigenvalue weighted by Crippen LogP contribution is 2.32. The van der Waals surface area contributed by atoms with E-state index in [4.69, 9.17) is 5.73 Å². The van der Waals surface area contributed by atoms with Crippen molar-refractivity contribution >= 4 is 18.3 Å². The monoisotopic (exact) mass is 314 g/mol. The molecule has 1 fully saturated rings. The molecule has 4 unspecified atom stereocenters. The van der Waals surface area contributed by atoms with E-state index in [2.05, 4.69) is 6.92 Å². The number of hydrogen-bond donors (Lipinski definition) is 1. The van der Waals surface area contributed by atoms with Crippen molar-refractivity contribution in [1.82, 2.24) is 4.90 Å². The first-order valence-electron chi connectivity index (χ1n) is 7.21. The number of likely N-dealkylation sites (tertiary alicyclic amines) is 1. The summed E-state index contributed by atoms with van der Waals surface area (Å²) in [5.74, 6) is 0.0228. The van der Waals surface area contributed by atoms with Crippen molar-refractivity contribution in [2.45, 2.75) is 45.2 Å². The number of hydrogen-bond acceptors (Lipinski definition) is 2. The smallest absolute Gasteiger partial charge is 0.227 e. The lowest BCUT2D eigenvalue weighted by atomic mass is 9.97. The first-order chi connectivity index (χ1) is 9.40. The van der Waals surface area contributed by atoms with Gasteiger partial charge >= 0.3 is 0 Å². The van der Waals surface area contributed by atoms with Crippen molar-refractivity contribution in [1.29, 1.82) is 0 Å². The third-order valence-electron chi connectivity index (χ3n) is 4.38. The summed E-state index contributed by atoms with van der Waals surface area (Å²) in [5.41, 5.74) is 6.92. The van der Waals surface area contributed by atoms with E-state index >= 15 is 0 Å². The average molecular weight is 315 g/mol. The number of benzene rings is 1. The molecule has 21 heavy (non-hydrogen) atoms. The summed E-state index contributed by atoms with van der Waals surface area (Å²) < 4.78 is 13.0. The average Bonchev–Trinajstić information content (AvgIpc) is 2.79. The number of halogens is 2. The van der Waals surface area contributed by atoms with Crippen molar-refractivity contribution in [3.05, 3.63) is 35.6 Å². The molecule has 4 atom stereocenters. The van der Waals surface area contributed by atoms with Crippen LogP contribution >= 0.6 is 12.4 Å². The van der Waals surface area contributed by atoms with Gasteiger partial charge in [0, 0.05) is 24.5 Å². The van der Waals surface area contributed by atoms with E-state index in [1.165, 1.54) is 12.1 Å². The van der Waals surface area contributed by atoms with Gasteiger partial charge in [-0.1, -0.05) is 19.1 Å². The zero-order valence-corrected chi connectivity index (χ0v) is 13.6. The molecule has 1 saturated heterocycles. The highest BCUT2D eigenvalue weighted by molar-refractivity contribution is 5.85. The minimum Gasteiger partial charge on any atom is -0.339 e. The maximum Gasteiger partial charge on any atom is 0.227 e. The van der Waals surface area contributed by atoms with Crippen LogP contribution in [0.2, 0.25) is 0 Å². The lowest BCUT2D eigenvalue weighted by molar-refractivity contribution is -0.136. The molecule has 1 amide bonds. The topological polar surface area (TPSA) is 46.3 Å². The molecule has 1 aliphatic rings. The zero-order valence-electron chi connectivity index (χ0n) is 12.8. The maximum absolute atomic E-state index is 13.0. The fourth-order valence-electron chi connectivity index (χ4n) is 2.80. The van der Waals surface area contributed by atoms with E-state index < -0.39 is 0 Å². The van der Waals surface area contributed by atoms with Crippen LogP contribution < -0.4 is 5.73 Å². The van der Waals surface area contributed by atoms with Crippen LogP contribution in [0, 0.1) is 11.7 Å². The third kappa shape index (κ3) is 3.95. The first-order valence-corrected chi connectivity index (χ1v) is 7.21. The molecule has 0 aliphatic carbocycles. The van der Waals surface area contributed by atoms with Gasteiger partial charge in [-0.15, -0.1) is 12.4 Å². The van der Waals surface area contributed by atoms with Gasteiger partial charge in [-0.3, -0.25) is 4.79 Å². The summed E-state index contributed by atoms with van der Waals surface area (Å²) in [7, 11) is 0. The summed E-state index contributed by atoms with van der Waals surface area (Å²) in [5, 5.41) is 0. The van der Waals surface area contributed by atoms with Crippen LogP contribution in [-0.2, 0) is 4.79 Å². The quantitative estimate of drug-likeness (QED) is 0.932. The molecular weight excluding hydrogens is 291 g/mol. The summed E-state index contributed by atoms with van der Waals surface area (Å²) in [4.78, 5) is 14.3. The molecule has 1 aromatic rings. The fraction of sp³-hybridized carbons (Fsp3) is 0.562. The van der Waals surface area contributed by atoms with E-state index in [-0.39, 0.29) is 48.1 Å². The molecule has 0 bridgehead atoms. The van der Waals surface area contributed by atoms with Gasteiger partial charge in [-0.05, 0) is 38.0 Å². The number of rotatable bonds is 3. The summed E-state index contributed by atoms with van der Waals surface area (Å²) in [6.07, 6.45) is 0.920.